The summed E-state index contributed by atoms with van der Waals surface area (Å²) in [6, 6.07) is 18.3. The summed E-state index contributed by atoms with van der Waals surface area (Å²) in [4.78, 5) is 17.3. The van der Waals surface area contributed by atoms with Gasteiger partial charge in [-0.2, -0.15) is 0 Å². The molecule has 0 saturated carbocycles. The monoisotopic (exact) mass is 317 g/mol. The zero-order chi connectivity index (χ0) is 17.2. The van der Waals surface area contributed by atoms with Crippen molar-refractivity contribution in [2.75, 3.05) is 0 Å². The molecule has 120 valence electrons. The predicted octanol–water partition coefficient (Wildman–Crippen LogP) is 4.94. The first-order chi connectivity index (χ1) is 11.8. The van der Waals surface area contributed by atoms with Crippen molar-refractivity contribution in [3.8, 4) is 0 Å². The van der Waals surface area contributed by atoms with Gasteiger partial charge < -0.3 is 4.84 Å². The Kier molecular flexibility index (Phi) is 6.47. The summed E-state index contributed by atoms with van der Waals surface area (Å²) in [5, 5.41) is 4.11. The highest BCUT2D eigenvalue weighted by Crippen LogP contribution is 2.13. The fraction of sp³-hybridized carbons (Fsp3) is 0.0476. The Morgan fingerprint density at radius 1 is 1.00 bits per heavy atom. The van der Waals surface area contributed by atoms with Gasteiger partial charge in [-0.1, -0.05) is 84.6 Å². The minimum absolute atomic E-state index is 0.453. The lowest BCUT2D eigenvalue weighted by molar-refractivity contribution is 0.0517. The molecular weight excluding hydrogens is 298 g/mol. The average Bonchev–Trinajstić information content (AvgIpc) is 2.63. The van der Waals surface area contributed by atoms with Crippen molar-refractivity contribution >= 4 is 11.7 Å². The molecule has 2 aromatic carbocycles. The summed E-state index contributed by atoms with van der Waals surface area (Å²) in [6.45, 7) is 5.64. The quantitative estimate of drug-likeness (QED) is 0.328. The van der Waals surface area contributed by atoms with E-state index in [1.807, 2.05) is 61.5 Å². The molecular formula is C21H19NO2. The van der Waals surface area contributed by atoms with Gasteiger partial charge in [0.05, 0.1) is 5.56 Å². The van der Waals surface area contributed by atoms with Crippen molar-refractivity contribution in [3.05, 3.63) is 108 Å². The fourth-order valence-electron chi connectivity index (χ4n) is 2.10. The van der Waals surface area contributed by atoms with Gasteiger partial charge in [-0.3, -0.25) is 0 Å². The van der Waals surface area contributed by atoms with Crippen molar-refractivity contribution in [2.24, 2.45) is 5.16 Å². The van der Waals surface area contributed by atoms with E-state index < -0.39 is 5.97 Å². The molecule has 0 amide bonds. The number of nitrogens with zero attached hydrogens (tertiary/aromatic N) is 1. The molecule has 0 N–H and O–H groups in total. The lowest BCUT2D eigenvalue weighted by Crippen LogP contribution is -2.08. The van der Waals surface area contributed by atoms with E-state index in [1.165, 1.54) is 0 Å². The molecule has 0 heterocycles. The Morgan fingerprint density at radius 2 is 1.58 bits per heavy atom. The average molecular weight is 317 g/mol. The van der Waals surface area contributed by atoms with E-state index in [2.05, 4.69) is 11.7 Å². The van der Waals surface area contributed by atoms with Crippen LogP contribution in [-0.4, -0.2) is 11.7 Å². The third-order valence-electron chi connectivity index (χ3n) is 3.19. The van der Waals surface area contributed by atoms with E-state index in [-0.39, 0.29) is 0 Å². The van der Waals surface area contributed by atoms with Crippen LogP contribution in [-0.2, 0) is 4.84 Å². The number of oxime groups is 1. The van der Waals surface area contributed by atoms with Crippen molar-refractivity contribution in [1.29, 1.82) is 0 Å². The number of hydrogen-bond acceptors (Lipinski definition) is 3. The predicted molar refractivity (Wildman–Crippen MR) is 97.9 cm³/mol. The van der Waals surface area contributed by atoms with Gasteiger partial charge in [-0.25, -0.2) is 4.79 Å². The summed E-state index contributed by atoms with van der Waals surface area (Å²) in [6.07, 6.45) is 7.28. The number of carbonyl (C=O) groups excluding carboxylic acids is 1. The van der Waals surface area contributed by atoms with Crippen LogP contribution in [0.25, 0.3) is 0 Å². The lowest BCUT2D eigenvalue weighted by atomic mass is 10.0. The van der Waals surface area contributed by atoms with Crippen LogP contribution in [0.2, 0.25) is 0 Å². The Morgan fingerprint density at radius 3 is 2.12 bits per heavy atom. The Bertz CT molecular complexity index is 772. The largest absolute Gasteiger partial charge is 0.365 e. The normalized spacial score (nSPS) is 12.2. The second kappa shape index (κ2) is 9.06. The van der Waals surface area contributed by atoms with E-state index in [0.29, 0.717) is 11.3 Å². The van der Waals surface area contributed by atoms with E-state index in [0.717, 1.165) is 11.1 Å². The molecule has 0 aromatic heterocycles. The van der Waals surface area contributed by atoms with Crippen LogP contribution in [0.3, 0.4) is 0 Å². The van der Waals surface area contributed by atoms with Gasteiger partial charge in [0.1, 0.15) is 5.71 Å². The molecule has 0 unspecified atom stereocenters. The van der Waals surface area contributed by atoms with Gasteiger partial charge in [0.15, 0.2) is 0 Å². The van der Waals surface area contributed by atoms with Crippen molar-refractivity contribution in [3.63, 3.8) is 0 Å². The highest BCUT2D eigenvalue weighted by Gasteiger charge is 2.11. The maximum absolute atomic E-state index is 12.1. The van der Waals surface area contributed by atoms with Gasteiger partial charge in [0.2, 0.25) is 0 Å². The number of rotatable bonds is 6. The molecule has 0 aliphatic rings. The van der Waals surface area contributed by atoms with Crippen molar-refractivity contribution < 1.29 is 9.63 Å². The fourth-order valence-corrected chi connectivity index (χ4v) is 2.10. The SMILES string of the molecule is C=C/C=C(\C=C/C)C(=N/OC(=O)c1ccccc1)/c1ccccc1. The van der Waals surface area contributed by atoms with Gasteiger partial charge >= 0.3 is 5.97 Å². The molecule has 3 nitrogen and oxygen atoms in total. The van der Waals surface area contributed by atoms with Crippen LogP contribution in [0.1, 0.15) is 22.8 Å². The van der Waals surface area contributed by atoms with Gasteiger partial charge in [0, 0.05) is 11.1 Å². The molecule has 0 spiro atoms. The third kappa shape index (κ3) is 4.65. The van der Waals surface area contributed by atoms with Crippen LogP contribution in [0.15, 0.2) is 102 Å². The molecule has 0 atom stereocenters. The molecule has 2 aromatic rings. The Balaban J connectivity index is 2.37. The Labute approximate surface area is 142 Å². The zero-order valence-electron chi connectivity index (χ0n) is 13.6. The molecule has 0 fully saturated rings. The smallest absolute Gasteiger partial charge is 0.312 e. The van der Waals surface area contributed by atoms with E-state index >= 15 is 0 Å². The van der Waals surface area contributed by atoms with Crippen LogP contribution in [0.4, 0.5) is 0 Å². The summed E-state index contributed by atoms with van der Waals surface area (Å²) in [5.74, 6) is -0.498. The van der Waals surface area contributed by atoms with Crippen LogP contribution in [0, 0.1) is 0 Å². The van der Waals surface area contributed by atoms with Crippen LogP contribution in [0.5, 0.6) is 0 Å². The lowest BCUT2D eigenvalue weighted by Gasteiger charge is -2.07. The molecule has 2 rings (SSSR count). The van der Waals surface area contributed by atoms with E-state index in [1.54, 1.807) is 30.3 Å². The van der Waals surface area contributed by atoms with Crippen molar-refractivity contribution in [1.82, 2.24) is 0 Å². The second-order valence-electron chi connectivity index (χ2n) is 4.91. The third-order valence-corrected chi connectivity index (χ3v) is 3.19. The maximum atomic E-state index is 12.1. The van der Waals surface area contributed by atoms with Gasteiger partial charge in [-0.05, 0) is 19.1 Å². The first-order valence-corrected chi connectivity index (χ1v) is 7.62. The first kappa shape index (κ1) is 17.2. The van der Waals surface area contributed by atoms with Crippen LogP contribution < -0.4 is 0 Å². The van der Waals surface area contributed by atoms with Gasteiger partial charge in [0.25, 0.3) is 0 Å². The highest BCUT2D eigenvalue weighted by molar-refractivity contribution is 6.14. The maximum Gasteiger partial charge on any atom is 0.365 e. The second-order valence-corrected chi connectivity index (χ2v) is 4.91. The first-order valence-electron chi connectivity index (χ1n) is 7.62. The summed E-state index contributed by atoms with van der Waals surface area (Å²) >= 11 is 0. The number of allylic oxidation sites excluding steroid dienone is 5. The number of benzene rings is 2. The molecule has 0 aliphatic heterocycles. The standard InChI is InChI=1S/C21H19NO2/c1-3-11-17(12-4-2)20(18-13-7-5-8-14-18)22-24-21(23)19-15-9-6-10-16-19/h3-16H,1H2,2H3/b12-4-,17-11+,22-20-. The van der Waals surface area contributed by atoms with Crippen LogP contribution >= 0.6 is 0 Å². The summed E-state index contributed by atoms with van der Waals surface area (Å²) in [5.41, 5.74) is 2.68. The number of hydrogen-bond donors (Lipinski definition) is 0. The molecule has 3 heteroatoms. The summed E-state index contributed by atoms with van der Waals surface area (Å²) in [7, 11) is 0. The minimum Gasteiger partial charge on any atom is -0.312 e. The molecule has 0 radical (unpaired) electrons. The van der Waals surface area contributed by atoms with Gasteiger partial charge in [-0.15, -0.1) is 0 Å². The summed E-state index contributed by atoms with van der Waals surface area (Å²) < 4.78 is 0. The highest BCUT2D eigenvalue weighted by atomic mass is 16.7. The van der Waals surface area contributed by atoms with E-state index in [9.17, 15) is 4.79 Å². The topological polar surface area (TPSA) is 38.7 Å². The molecule has 0 bridgehead atoms. The molecule has 0 saturated heterocycles. The van der Waals surface area contributed by atoms with Crippen molar-refractivity contribution in [2.45, 2.75) is 6.92 Å². The minimum atomic E-state index is -0.498. The number of carbonyl (C=O) groups is 1. The molecule has 0 aliphatic carbocycles. The van der Waals surface area contributed by atoms with E-state index in [4.69, 9.17) is 4.84 Å². The zero-order valence-corrected chi connectivity index (χ0v) is 13.6. The Hall–Kier alpha value is -3.20. The molecule has 24 heavy (non-hydrogen) atoms.